The van der Waals surface area contributed by atoms with E-state index in [0.717, 1.165) is 16.7 Å². The number of sulfonamides is 1. The van der Waals surface area contributed by atoms with Crippen LogP contribution in [0.2, 0.25) is 0 Å². The quantitative estimate of drug-likeness (QED) is 0.554. The van der Waals surface area contributed by atoms with Gasteiger partial charge in [0.2, 0.25) is 0 Å². The molecule has 0 saturated heterocycles. The Bertz CT molecular complexity index is 1190. The van der Waals surface area contributed by atoms with Crippen LogP contribution in [0.4, 0.5) is 11.4 Å². The summed E-state index contributed by atoms with van der Waals surface area (Å²) >= 11 is 0. The van der Waals surface area contributed by atoms with Crippen LogP contribution in [0.25, 0.3) is 0 Å². The Balaban J connectivity index is 1.65. The van der Waals surface area contributed by atoms with E-state index in [1.807, 2.05) is 45.0 Å². The van der Waals surface area contributed by atoms with Gasteiger partial charge in [-0.1, -0.05) is 24.3 Å². The number of amides is 1. The second-order valence-electron chi connectivity index (χ2n) is 7.52. The molecule has 1 amide bonds. The highest BCUT2D eigenvalue weighted by Crippen LogP contribution is 2.22. The first-order valence-corrected chi connectivity index (χ1v) is 11.4. The van der Waals surface area contributed by atoms with E-state index in [0.29, 0.717) is 17.1 Å². The van der Waals surface area contributed by atoms with Gasteiger partial charge in [-0.3, -0.25) is 9.52 Å². The Hall–Kier alpha value is -3.32. The summed E-state index contributed by atoms with van der Waals surface area (Å²) in [5.41, 5.74) is 3.92. The monoisotopic (exact) mass is 438 g/mol. The van der Waals surface area contributed by atoms with Crippen LogP contribution in [0.5, 0.6) is 5.75 Å². The molecule has 6 nitrogen and oxygen atoms in total. The third-order valence-electron chi connectivity index (χ3n) is 4.72. The van der Waals surface area contributed by atoms with E-state index in [-0.39, 0.29) is 10.8 Å². The van der Waals surface area contributed by atoms with Gasteiger partial charge in [-0.05, 0) is 86.8 Å². The average molecular weight is 439 g/mol. The van der Waals surface area contributed by atoms with Gasteiger partial charge in [0.15, 0.2) is 6.10 Å². The van der Waals surface area contributed by atoms with Crippen LogP contribution >= 0.6 is 0 Å². The van der Waals surface area contributed by atoms with E-state index in [1.54, 1.807) is 37.3 Å². The van der Waals surface area contributed by atoms with Gasteiger partial charge >= 0.3 is 0 Å². The van der Waals surface area contributed by atoms with Crippen molar-refractivity contribution in [1.29, 1.82) is 0 Å². The van der Waals surface area contributed by atoms with Crippen molar-refractivity contribution in [2.24, 2.45) is 0 Å². The SMILES string of the molecule is Cc1cccc(NS(=O)(=O)c2ccc(NC(=O)[C@@H](C)Oc3cc(C)ccc3C)cc2)c1. The number of benzene rings is 3. The molecule has 0 heterocycles. The molecule has 0 aliphatic heterocycles. The van der Waals surface area contributed by atoms with Gasteiger partial charge in [0.05, 0.1) is 4.90 Å². The van der Waals surface area contributed by atoms with Crippen molar-refractivity contribution in [2.75, 3.05) is 10.0 Å². The van der Waals surface area contributed by atoms with E-state index in [1.165, 1.54) is 12.1 Å². The third kappa shape index (κ3) is 5.86. The molecule has 1 atom stereocenters. The molecule has 0 spiro atoms. The van der Waals surface area contributed by atoms with Crippen molar-refractivity contribution in [2.45, 2.75) is 38.7 Å². The summed E-state index contributed by atoms with van der Waals surface area (Å²) < 4.78 is 33.5. The Morgan fingerprint density at radius 2 is 1.55 bits per heavy atom. The van der Waals surface area contributed by atoms with Crippen LogP contribution in [0.1, 0.15) is 23.6 Å². The first kappa shape index (κ1) is 22.4. The lowest BCUT2D eigenvalue weighted by atomic mass is 10.1. The lowest BCUT2D eigenvalue weighted by Gasteiger charge is -2.17. The number of carbonyl (C=O) groups excluding carboxylic acids is 1. The molecule has 31 heavy (non-hydrogen) atoms. The zero-order valence-electron chi connectivity index (χ0n) is 18.0. The number of aryl methyl sites for hydroxylation is 3. The molecule has 0 fully saturated rings. The minimum Gasteiger partial charge on any atom is -0.481 e. The van der Waals surface area contributed by atoms with Gasteiger partial charge in [-0.15, -0.1) is 0 Å². The summed E-state index contributed by atoms with van der Waals surface area (Å²) in [4.78, 5) is 12.6. The lowest BCUT2D eigenvalue weighted by molar-refractivity contribution is -0.122. The fourth-order valence-electron chi connectivity index (χ4n) is 2.96. The molecule has 0 aliphatic carbocycles. The molecule has 0 aliphatic rings. The smallest absolute Gasteiger partial charge is 0.265 e. The van der Waals surface area contributed by atoms with Gasteiger partial charge < -0.3 is 10.1 Å². The number of hydrogen-bond acceptors (Lipinski definition) is 4. The minimum atomic E-state index is -3.73. The molecule has 162 valence electrons. The van der Waals surface area contributed by atoms with Gasteiger partial charge in [-0.25, -0.2) is 8.42 Å². The maximum absolute atomic E-state index is 12.6. The molecule has 0 saturated carbocycles. The third-order valence-corrected chi connectivity index (χ3v) is 6.12. The normalized spacial score (nSPS) is 12.1. The van der Waals surface area contributed by atoms with Gasteiger partial charge in [0.25, 0.3) is 15.9 Å². The van der Waals surface area contributed by atoms with Crippen LogP contribution < -0.4 is 14.8 Å². The molecule has 0 radical (unpaired) electrons. The van der Waals surface area contributed by atoms with Crippen molar-refractivity contribution in [1.82, 2.24) is 0 Å². The van der Waals surface area contributed by atoms with Crippen LogP contribution in [0.3, 0.4) is 0 Å². The van der Waals surface area contributed by atoms with Crippen LogP contribution in [0.15, 0.2) is 71.6 Å². The highest BCUT2D eigenvalue weighted by molar-refractivity contribution is 7.92. The minimum absolute atomic E-state index is 0.103. The van der Waals surface area contributed by atoms with Crippen molar-refractivity contribution < 1.29 is 17.9 Å². The highest BCUT2D eigenvalue weighted by atomic mass is 32.2. The Labute approximate surface area is 183 Å². The summed E-state index contributed by atoms with van der Waals surface area (Å²) in [6.07, 6.45) is -0.716. The van der Waals surface area contributed by atoms with Gasteiger partial charge in [0, 0.05) is 11.4 Å². The van der Waals surface area contributed by atoms with E-state index in [9.17, 15) is 13.2 Å². The van der Waals surface area contributed by atoms with E-state index < -0.39 is 16.1 Å². The Morgan fingerprint density at radius 1 is 0.871 bits per heavy atom. The molecule has 0 unspecified atom stereocenters. The van der Waals surface area contributed by atoms with Crippen LogP contribution in [0, 0.1) is 20.8 Å². The van der Waals surface area contributed by atoms with Crippen molar-refractivity contribution in [3.8, 4) is 5.75 Å². The number of nitrogens with one attached hydrogen (secondary N) is 2. The standard InChI is InChI=1S/C24H26N2O4S/c1-16-6-5-7-21(14-16)26-31(28,29)22-12-10-20(11-13-22)25-24(27)19(4)30-23-15-17(2)8-9-18(23)3/h5-15,19,26H,1-4H3,(H,25,27)/t19-/m1/s1. The zero-order valence-corrected chi connectivity index (χ0v) is 18.8. The largest absolute Gasteiger partial charge is 0.481 e. The number of carbonyl (C=O) groups is 1. The van der Waals surface area contributed by atoms with E-state index in [4.69, 9.17) is 4.74 Å². The lowest BCUT2D eigenvalue weighted by Crippen LogP contribution is -2.30. The summed E-state index contributed by atoms with van der Waals surface area (Å²) in [6.45, 7) is 7.44. The van der Waals surface area contributed by atoms with Crippen LogP contribution in [-0.4, -0.2) is 20.4 Å². The molecule has 2 N–H and O–H groups in total. The summed E-state index contributed by atoms with van der Waals surface area (Å²) in [6, 6.07) is 18.9. The van der Waals surface area contributed by atoms with Crippen molar-refractivity contribution >= 4 is 27.3 Å². The maximum Gasteiger partial charge on any atom is 0.265 e. The second kappa shape index (κ2) is 9.22. The maximum atomic E-state index is 12.6. The first-order valence-electron chi connectivity index (χ1n) is 9.88. The second-order valence-corrected chi connectivity index (χ2v) is 9.20. The molecule has 7 heteroatoms. The topological polar surface area (TPSA) is 84.5 Å². The van der Waals surface area contributed by atoms with E-state index in [2.05, 4.69) is 10.0 Å². The molecule has 3 rings (SSSR count). The first-order chi connectivity index (χ1) is 14.6. The molecular formula is C24H26N2O4S. The molecule has 3 aromatic carbocycles. The number of ether oxygens (including phenoxy) is 1. The zero-order chi connectivity index (χ0) is 22.6. The highest BCUT2D eigenvalue weighted by Gasteiger charge is 2.18. The predicted molar refractivity (Wildman–Crippen MR) is 123 cm³/mol. The summed E-state index contributed by atoms with van der Waals surface area (Å²) in [7, 11) is -3.73. The van der Waals surface area contributed by atoms with E-state index >= 15 is 0 Å². The molecule has 0 bridgehead atoms. The van der Waals surface area contributed by atoms with Gasteiger partial charge in [-0.2, -0.15) is 0 Å². The molecule has 3 aromatic rings. The number of rotatable bonds is 7. The number of anilines is 2. The molecular weight excluding hydrogens is 412 g/mol. The van der Waals surface area contributed by atoms with Crippen molar-refractivity contribution in [3.63, 3.8) is 0 Å². The Morgan fingerprint density at radius 3 is 2.23 bits per heavy atom. The molecule has 0 aromatic heterocycles. The summed E-state index contributed by atoms with van der Waals surface area (Å²) in [5.74, 6) is 0.334. The Kier molecular flexibility index (Phi) is 6.65. The average Bonchev–Trinajstić information content (AvgIpc) is 2.70. The fraction of sp³-hybridized carbons (Fsp3) is 0.208. The van der Waals surface area contributed by atoms with Crippen LogP contribution in [-0.2, 0) is 14.8 Å². The number of hydrogen-bond donors (Lipinski definition) is 2. The predicted octanol–water partition coefficient (Wildman–Crippen LogP) is 4.82. The fourth-order valence-corrected chi connectivity index (χ4v) is 4.01. The van der Waals surface area contributed by atoms with Crippen molar-refractivity contribution in [3.05, 3.63) is 83.4 Å². The van der Waals surface area contributed by atoms with Gasteiger partial charge in [0.1, 0.15) is 5.75 Å². The summed E-state index contributed by atoms with van der Waals surface area (Å²) in [5, 5.41) is 2.75.